The first-order chi connectivity index (χ1) is 10.2. The maximum absolute atomic E-state index is 6.31. The van der Waals surface area contributed by atoms with Gasteiger partial charge in [0.15, 0.2) is 11.5 Å². The number of rotatable bonds is 3. The molecule has 0 bridgehead atoms. The Bertz CT molecular complexity index is 661. The molecule has 2 aromatic carbocycles. The zero-order chi connectivity index (χ0) is 14.8. The normalized spacial score (nSPS) is 16.8. The summed E-state index contributed by atoms with van der Waals surface area (Å²) in [5.74, 6) is 1.47. The lowest BCUT2D eigenvalue weighted by Crippen LogP contribution is -2.37. The van der Waals surface area contributed by atoms with Crippen LogP contribution in [0.2, 0.25) is 10.0 Å². The molecule has 1 heterocycles. The van der Waals surface area contributed by atoms with Crippen LogP contribution in [0.4, 0.5) is 0 Å². The minimum absolute atomic E-state index is 0.0188. The number of nitrogens with one attached hydrogen (secondary N) is 1. The largest absolute Gasteiger partial charge is 0.486 e. The van der Waals surface area contributed by atoms with E-state index in [-0.39, 0.29) is 6.10 Å². The summed E-state index contributed by atoms with van der Waals surface area (Å²) < 4.78 is 11.8. The van der Waals surface area contributed by atoms with Gasteiger partial charge in [0, 0.05) is 22.7 Å². The van der Waals surface area contributed by atoms with Gasteiger partial charge in [-0.15, -0.1) is 0 Å². The lowest BCUT2D eigenvalue weighted by molar-refractivity contribution is 0.0927. The lowest BCUT2D eigenvalue weighted by Gasteiger charge is -2.28. The summed E-state index contributed by atoms with van der Waals surface area (Å²) in [4.78, 5) is 0. The Morgan fingerprint density at radius 2 is 2.05 bits per heavy atom. The van der Waals surface area contributed by atoms with Crippen LogP contribution in [0.5, 0.6) is 11.5 Å². The van der Waals surface area contributed by atoms with Crippen molar-refractivity contribution < 1.29 is 9.47 Å². The summed E-state index contributed by atoms with van der Waals surface area (Å²) in [5.41, 5.74) is 1.79. The predicted molar refractivity (Wildman–Crippen MR) is 85.7 cm³/mol. The average molecular weight is 324 g/mol. The van der Waals surface area contributed by atoms with Gasteiger partial charge in [0.25, 0.3) is 0 Å². The smallest absolute Gasteiger partial charge is 0.169 e. The molecule has 1 aliphatic heterocycles. The monoisotopic (exact) mass is 323 g/mol. The van der Waals surface area contributed by atoms with Crippen molar-refractivity contribution in [2.75, 3.05) is 20.2 Å². The van der Waals surface area contributed by atoms with Crippen LogP contribution in [-0.4, -0.2) is 26.3 Å². The molecule has 0 amide bonds. The van der Waals surface area contributed by atoms with E-state index < -0.39 is 0 Å². The molecule has 0 aromatic heterocycles. The third-order valence-electron chi connectivity index (χ3n) is 3.34. The molecule has 0 fully saturated rings. The highest BCUT2D eigenvalue weighted by Crippen LogP contribution is 2.43. The fourth-order valence-electron chi connectivity index (χ4n) is 2.38. The summed E-state index contributed by atoms with van der Waals surface area (Å²) in [6.45, 7) is 1.26. The highest BCUT2D eigenvalue weighted by Gasteiger charge is 2.24. The molecule has 0 saturated heterocycles. The lowest BCUT2D eigenvalue weighted by atomic mass is 10.0. The number of likely N-dealkylation sites (N-methyl/N-ethyl adjacent to an activating group) is 1. The number of hydrogen-bond donors (Lipinski definition) is 1. The fourth-order valence-corrected chi connectivity index (χ4v) is 2.89. The van der Waals surface area contributed by atoms with Gasteiger partial charge >= 0.3 is 0 Å². The molecule has 110 valence electrons. The molecule has 0 aliphatic carbocycles. The van der Waals surface area contributed by atoms with Crippen molar-refractivity contribution in [3.8, 4) is 22.6 Å². The van der Waals surface area contributed by atoms with E-state index in [4.69, 9.17) is 32.7 Å². The van der Waals surface area contributed by atoms with Crippen LogP contribution in [0.25, 0.3) is 11.1 Å². The molecule has 0 saturated carbocycles. The Labute approximate surface area is 133 Å². The predicted octanol–water partition coefficient (Wildman–Crippen LogP) is 4.02. The number of ether oxygens (including phenoxy) is 2. The fraction of sp³-hybridized carbons (Fsp3) is 0.250. The molecular formula is C16H15Cl2NO2. The van der Waals surface area contributed by atoms with Crippen LogP contribution < -0.4 is 14.8 Å². The summed E-state index contributed by atoms with van der Waals surface area (Å²) in [5, 5.41) is 4.30. The highest BCUT2D eigenvalue weighted by atomic mass is 35.5. The van der Waals surface area contributed by atoms with Crippen LogP contribution in [0.3, 0.4) is 0 Å². The molecule has 1 atom stereocenters. The number of halogens is 2. The summed E-state index contributed by atoms with van der Waals surface area (Å²) in [7, 11) is 1.89. The van der Waals surface area contributed by atoms with Gasteiger partial charge < -0.3 is 14.8 Å². The zero-order valence-corrected chi connectivity index (χ0v) is 13.0. The summed E-state index contributed by atoms with van der Waals surface area (Å²) >= 11 is 12.3. The first-order valence-corrected chi connectivity index (χ1v) is 7.47. The summed E-state index contributed by atoms with van der Waals surface area (Å²) in [6.07, 6.45) is -0.0188. The second-order valence-electron chi connectivity index (χ2n) is 4.87. The Kier molecular flexibility index (Phi) is 4.24. The van der Waals surface area contributed by atoms with Crippen LogP contribution in [0, 0.1) is 0 Å². The quantitative estimate of drug-likeness (QED) is 0.925. The van der Waals surface area contributed by atoms with E-state index >= 15 is 0 Å². The Morgan fingerprint density at radius 3 is 2.81 bits per heavy atom. The van der Waals surface area contributed by atoms with E-state index in [1.807, 2.05) is 37.4 Å². The molecular weight excluding hydrogens is 309 g/mol. The number of fused-ring (bicyclic) bond motifs is 1. The second kappa shape index (κ2) is 6.14. The first-order valence-electron chi connectivity index (χ1n) is 6.71. The molecule has 3 nitrogen and oxygen atoms in total. The van der Waals surface area contributed by atoms with Crippen molar-refractivity contribution in [1.82, 2.24) is 5.32 Å². The van der Waals surface area contributed by atoms with E-state index in [0.717, 1.165) is 29.2 Å². The Morgan fingerprint density at radius 1 is 1.19 bits per heavy atom. The van der Waals surface area contributed by atoms with Crippen molar-refractivity contribution in [2.24, 2.45) is 0 Å². The topological polar surface area (TPSA) is 30.5 Å². The van der Waals surface area contributed by atoms with E-state index in [1.54, 1.807) is 6.07 Å². The Balaban J connectivity index is 2.04. The number of benzene rings is 2. The molecule has 2 aromatic rings. The van der Waals surface area contributed by atoms with E-state index in [0.29, 0.717) is 16.7 Å². The molecule has 1 N–H and O–H groups in total. The average Bonchev–Trinajstić information content (AvgIpc) is 2.47. The maximum Gasteiger partial charge on any atom is 0.169 e. The van der Waals surface area contributed by atoms with Gasteiger partial charge in [-0.2, -0.15) is 0 Å². The van der Waals surface area contributed by atoms with Gasteiger partial charge in [-0.25, -0.2) is 0 Å². The minimum atomic E-state index is -0.0188. The van der Waals surface area contributed by atoms with Crippen molar-refractivity contribution in [1.29, 1.82) is 0 Å². The van der Waals surface area contributed by atoms with Crippen molar-refractivity contribution >= 4 is 23.2 Å². The van der Waals surface area contributed by atoms with Gasteiger partial charge in [0.05, 0.1) is 5.02 Å². The highest BCUT2D eigenvalue weighted by molar-refractivity contribution is 6.36. The minimum Gasteiger partial charge on any atom is -0.486 e. The molecule has 1 aliphatic rings. The van der Waals surface area contributed by atoms with Gasteiger partial charge in [-0.3, -0.25) is 0 Å². The van der Waals surface area contributed by atoms with Crippen LogP contribution in [0.15, 0.2) is 36.4 Å². The van der Waals surface area contributed by atoms with Crippen LogP contribution >= 0.6 is 23.2 Å². The van der Waals surface area contributed by atoms with Crippen LogP contribution in [0.1, 0.15) is 0 Å². The zero-order valence-electron chi connectivity index (χ0n) is 11.5. The maximum atomic E-state index is 6.31. The number of para-hydroxylation sites is 1. The summed E-state index contributed by atoms with van der Waals surface area (Å²) in [6, 6.07) is 11.2. The molecule has 0 radical (unpaired) electrons. The number of hydrogen-bond acceptors (Lipinski definition) is 3. The van der Waals surface area contributed by atoms with Gasteiger partial charge in [-0.05, 0) is 25.2 Å². The molecule has 0 spiro atoms. The molecule has 21 heavy (non-hydrogen) atoms. The standard InChI is InChI=1S/C16H15Cl2NO2/c1-19-8-11-9-20-15-4-2-3-13(16(15)21-11)12-6-5-10(17)7-14(12)18/h2-7,11,19H,8-9H2,1H3. The molecule has 1 unspecified atom stereocenters. The van der Waals surface area contributed by atoms with Gasteiger partial charge in [0.1, 0.15) is 12.7 Å². The second-order valence-corrected chi connectivity index (χ2v) is 5.71. The third-order valence-corrected chi connectivity index (χ3v) is 3.89. The molecule has 5 heteroatoms. The van der Waals surface area contributed by atoms with E-state index in [2.05, 4.69) is 5.32 Å². The third kappa shape index (κ3) is 2.95. The van der Waals surface area contributed by atoms with Gasteiger partial charge in [-0.1, -0.05) is 41.4 Å². The van der Waals surface area contributed by atoms with Crippen molar-refractivity contribution in [3.63, 3.8) is 0 Å². The van der Waals surface area contributed by atoms with E-state index in [9.17, 15) is 0 Å². The van der Waals surface area contributed by atoms with Crippen molar-refractivity contribution in [3.05, 3.63) is 46.4 Å². The Hall–Kier alpha value is -1.42. The van der Waals surface area contributed by atoms with Gasteiger partial charge in [0.2, 0.25) is 0 Å². The molecule has 3 rings (SSSR count). The van der Waals surface area contributed by atoms with Crippen LogP contribution in [-0.2, 0) is 0 Å². The van der Waals surface area contributed by atoms with Crippen molar-refractivity contribution in [2.45, 2.75) is 6.10 Å². The van der Waals surface area contributed by atoms with E-state index in [1.165, 1.54) is 0 Å². The first kappa shape index (κ1) is 14.5. The SMILES string of the molecule is CNCC1COc2cccc(-c3ccc(Cl)cc3Cl)c2O1.